The van der Waals surface area contributed by atoms with Gasteiger partial charge in [0.25, 0.3) is 0 Å². The first-order valence-electron chi connectivity index (χ1n) is 4.27. The number of nitrogens with one attached hydrogen (secondary N) is 1. The Morgan fingerprint density at radius 2 is 2.36 bits per heavy atom. The van der Waals surface area contributed by atoms with Gasteiger partial charge in [-0.25, -0.2) is 0 Å². The van der Waals surface area contributed by atoms with Crippen LogP contribution in [0, 0.1) is 0 Å². The van der Waals surface area contributed by atoms with E-state index in [1.54, 1.807) is 7.05 Å². The van der Waals surface area contributed by atoms with Crippen LogP contribution in [0.4, 0.5) is 0 Å². The van der Waals surface area contributed by atoms with Crippen molar-refractivity contribution in [1.82, 2.24) is 25.5 Å². The van der Waals surface area contributed by atoms with Gasteiger partial charge < -0.3 is 9.73 Å². The maximum Gasteiger partial charge on any atom is 0.240 e. The normalized spacial score (nSPS) is 10.7. The van der Waals surface area contributed by atoms with Crippen molar-refractivity contribution in [3.05, 3.63) is 17.9 Å². The van der Waals surface area contributed by atoms with E-state index in [4.69, 9.17) is 4.42 Å². The molecule has 0 aliphatic rings. The largest absolute Gasteiger partial charge is 0.456 e. The topological polar surface area (TPSA) is 68.8 Å². The van der Waals surface area contributed by atoms with Crippen molar-refractivity contribution < 1.29 is 4.42 Å². The second-order valence-corrected chi connectivity index (χ2v) is 2.90. The zero-order chi connectivity index (χ0) is 9.97. The number of hydrogen-bond acceptors (Lipinski definition) is 5. The molecule has 2 rings (SSSR count). The van der Waals surface area contributed by atoms with Gasteiger partial charge in [-0.1, -0.05) is 0 Å². The molecule has 2 heterocycles. The average molecular weight is 193 g/mol. The van der Waals surface area contributed by atoms with E-state index in [0.29, 0.717) is 18.1 Å². The van der Waals surface area contributed by atoms with E-state index < -0.39 is 0 Å². The third-order valence-electron chi connectivity index (χ3n) is 1.74. The molecule has 2 aromatic rings. The highest BCUT2D eigenvalue weighted by Crippen LogP contribution is 2.16. The fourth-order valence-electron chi connectivity index (χ4n) is 1.15. The van der Waals surface area contributed by atoms with E-state index in [-0.39, 0.29) is 0 Å². The summed E-state index contributed by atoms with van der Waals surface area (Å²) >= 11 is 0. The van der Waals surface area contributed by atoms with Crippen LogP contribution in [0.2, 0.25) is 0 Å². The summed E-state index contributed by atoms with van der Waals surface area (Å²) in [5.41, 5.74) is 0. The molecule has 0 aromatic carbocycles. The summed E-state index contributed by atoms with van der Waals surface area (Å²) in [6, 6.07) is 3.73. The number of furan rings is 1. The van der Waals surface area contributed by atoms with Crippen molar-refractivity contribution in [3.63, 3.8) is 0 Å². The number of aromatic nitrogens is 4. The standard InChI is InChI=1S/C8H11N5O/c1-9-5-6-3-4-7(14-6)8-10-12-13(2)11-8/h3-4,9H,5H2,1-2H3. The van der Waals surface area contributed by atoms with Crippen LogP contribution in [-0.4, -0.2) is 27.3 Å². The van der Waals surface area contributed by atoms with Crippen LogP contribution in [-0.2, 0) is 13.6 Å². The van der Waals surface area contributed by atoms with Gasteiger partial charge in [0.1, 0.15) is 5.76 Å². The van der Waals surface area contributed by atoms with Crippen molar-refractivity contribution in [2.24, 2.45) is 7.05 Å². The Kier molecular flexibility index (Phi) is 2.28. The molecule has 14 heavy (non-hydrogen) atoms. The number of tetrazole rings is 1. The molecule has 0 aliphatic heterocycles. The molecule has 0 amide bonds. The Hall–Kier alpha value is -1.69. The molecule has 0 fully saturated rings. The highest BCUT2D eigenvalue weighted by atomic mass is 16.3. The van der Waals surface area contributed by atoms with E-state index >= 15 is 0 Å². The minimum absolute atomic E-state index is 0.509. The fourth-order valence-corrected chi connectivity index (χ4v) is 1.15. The molecule has 0 saturated carbocycles. The van der Waals surface area contributed by atoms with Crippen molar-refractivity contribution in [2.45, 2.75) is 6.54 Å². The Morgan fingerprint density at radius 1 is 1.50 bits per heavy atom. The van der Waals surface area contributed by atoms with Gasteiger partial charge in [-0.15, -0.1) is 10.2 Å². The van der Waals surface area contributed by atoms with Crippen LogP contribution in [0.5, 0.6) is 0 Å². The maximum absolute atomic E-state index is 5.48. The minimum atomic E-state index is 0.509. The van der Waals surface area contributed by atoms with Crippen LogP contribution < -0.4 is 5.32 Å². The lowest BCUT2D eigenvalue weighted by molar-refractivity contribution is 0.503. The van der Waals surface area contributed by atoms with Crippen molar-refractivity contribution >= 4 is 0 Å². The highest BCUT2D eigenvalue weighted by Gasteiger charge is 2.08. The number of rotatable bonds is 3. The van der Waals surface area contributed by atoms with E-state index in [1.165, 1.54) is 4.80 Å². The quantitative estimate of drug-likeness (QED) is 0.753. The Bertz CT molecular complexity index is 419. The summed E-state index contributed by atoms with van der Waals surface area (Å²) in [5.74, 6) is 2.01. The summed E-state index contributed by atoms with van der Waals surface area (Å²) < 4.78 is 5.48. The number of hydrogen-bond donors (Lipinski definition) is 1. The third kappa shape index (κ3) is 1.64. The van der Waals surface area contributed by atoms with Gasteiger partial charge in [-0.2, -0.15) is 4.80 Å². The Morgan fingerprint density at radius 3 is 3.00 bits per heavy atom. The third-order valence-corrected chi connectivity index (χ3v) is 1.74. The molecule has 0 saturated heterocycles. The molecule has 0 spiro atoms. The van der Waals surface area contributed by atoms with E-state index in [1.807, 2.05) is 19.2 Å². The zero-order valence-corrected chi connectivity index (χ0v) is 8.06. The predicted octanol–water partition coefficient (Wildman–Crippen LogP) is 0.189. The molecule has 0 unspecified atom stereocenters. The smallest absolute Gasteiger partial charge is 0.240 e. The van der Waals surface area contributed by atoms with E-state index in [2.05, 4.69) is 20.7 Å². The molecule has 6 nitrogen and oxygen atoms in total. The van der Waals surface area contributed by atoms with Gasteiger partial charge in [0.2, 0.25) is 5.82 Å². The van der Waals surface area contributed by atoms with Crippen LogP contribution in [0.1, 0.15) is 5.76 Å². The van der Waals surface area contributed by atoms with Gasteiger partial charge in [0, 0.05) is 0 Å². The van der Waals surface area contributed by atoms with Crippen molar-refractivity contribution in [3.8, 4) is 11.6 Å². The van der Waals surface area contributed by atoms with Gasteiger partial charge in [0.05, 0.1) is 13.6 Å². The molecule has 0 atom stereocenters. The summed E-state index contributed by atoms with van der Waals surface area (Å²) in [5, 5.41) is 14.6. The SMILES string of the molecule is CNCc1ccc(-c2nnn(C)n2)o1. The lowest BCUT2D eigenvalue weighted by Gasteiger charge is -1.91. The first-order chi connectivity index (χ1) is 6.79. The first kappa shape index (κ1) is 8.89. The Balaban J connectivity index is 2.24. The molecular weight excluding hydrogens is 182 g/mol. The summed E-state index contributed by atoms with van der Waals surface area (Å²) in [4.78, 5) is 1.40. The van der Waals surface area contributed by atoms with Gasteiger partial charge in [0.15, 0.2) is 5.76 Å². The van der Waals surface area contributed by atoms with Crippen LogP contribution in [0.15, 0.2) is 16.5 Å². The highest BCUT2D eigenvalue weighted by molar-refractivity contribution is 5.45. The molecule has 6 heteroatoms. The predicted molar refractivity (Wildman–Crippen MR) is 49.3 cm³/mol. The lowest BCUT2D eigenvalue weighted by Crippen LogP contribution is -2.03. The first-order valence-corrected chi connectivity index (χ1v) is 4.27. The summed E-state index contributed by atoms with van der Waals surface area (Å²) in [6.07, 6.45) is 0. The minimum Gasteiger partial charge on any atom is -0.456 e. The number of nitrogens with zero attached hydrogens (tertiary/aromatic N) is 4. The second kappa shape index (κ2) is 3.59. The second-order valence-electron chi connectivity index (χ2n) is 2.90. The summed E-state index contributed by atoms with van der Waals surface area (Å²) in [6.45, 7) is 0.695. The van der Waals surface area contributed by atoms with E-state index in [9.17, 15) is 0 Å². The molecule has 0 aliphatic carbocycles. The van der Waals surface area contributed by atoms with Crippen molar-refractivity contribution in [1.29, 1.82) is 0 Å². The Labute approximate surface area is 80.9 Å². The molecule has 0 bridgehead atoms. The van der Waals surface area contributed by atoms with Gasteiger partial charge in [-0.3, -0.25) is 0 Å². The lowest BCUT2D eigenvalue weighted by atomic mass is 10.4. The molecule has 0 radical (unpaired) electrons. The average Bonchev–Trinajstić information content (AvgIpc) is 2.74. The maximum atomic E-state index is 5.48. The zero-order valence-electron chi connectivity index (χ0n) is 8.06. The molecule has 1 N–H and O–H groups in total. The number of aryl methyl sites for hydroxylation is 1. The van der Waals surface area contributed by atoms with Crippen molar-refractivity contribution in [2.75, 3.05) is 7.05 Å². The fraction of sp³-hybridized carbons (Fsp3) is 0.375. The monoisotopic (exact) mass is 193 g/mol. The molecular formula is C8H11N5O. The van der Waals surface area contributed by atoms with Gasteiger partial charge in [-0.05, 0) is 24.4 Å². The van der Waals surface area contributed by atoms with E-state index in [0.717, 1.165) is 5.76 Å². The van der Waals surface area contributed by atoms with Gasteiger partial charge >= 0.3 is 0 Å². The summed E-state index contributed by atoms with van der Waals surface area (Å²) in [7, 11) is 3.58. The molecule has 74 valence electrons. The van der Waals surface area contributed by atoms with Crippen LogP contribution >= 0.6 is 0 Å². The molecule has 2 aromatic heterocycles. The van der Waals surface area contributed by atoms with Crippen LogP contribution in [0.3, 0.4) is 0 Å². The van der Waals surface area contributed by atoms with Crippen LogP contribution in [0.25, 0.3) is 11.6 Å².